The lowest BCUT2D eigenvalue weighted by Gasteiger charge is -2.28. The van der Waals surface area contributed by atoms with E-state index in [1.807, 2.05) is 13.1 Å². The first kappa shape index (κ1) is 13.4. The van der Waals surface area contributed by atoms with Gasteiger partial charge in [0.1, 0.15) is 5.76 Å². The third-order valence-electron chi connectivity index (χ3n) is 4.11. The number of benzene rings is 1. The van der Waals surface area contributed by atoms with Crippen LogP contribution >= 0.6 is 0 Å². The molecule has 20 heavy (non-hydrogen) atoms. The zero-order chi connectivity index (χ0) is 13.9. The second-order valence-corrected chi connectivity index (χ2v) is 5.35. The Kier molecular flexibility index (Phi) is 3.90. The van der Waals surface area contributed by atoms with Crippen LogP contribution in [-0.2, 0) is 11.2 Å². The average molecular weight is 271 g/mol. The van der Waals surface area contributed by atoms with Crippen LogP contribution in [0.2, 0.25) is 0 Å². The third kappa shape index (κ3) is 2.51. The molecule has 1 aromatic carbocycles. The standard InChI is InChI=1S/C17H21NO2/c1-12-7-9-20-17(12)15(18-2)11-16-14-6-4-3-5-13(14)8-10-19-16/h3-7,9,15-16,18H,8,10-11H2,1-2H3. The summed E-state index contributed by atoms with van der Waals surface area (Å²) in [6.07, 6.45) is 3.80. The van der Waals surface area contributed by atoms with Gasteiger partial charge in [-0.3, -0.25) is 0 Å². The first-order chi connectivity index (χ1) is 9.79. The van der Waals surface area contributed by atoms with Crippen molar-refractivity contribution in [2.45, 2.75) is 31.9 Å². The van der Waals surface area contributed by atoms with Crippen molar-refractivity contribution in [2.75, 3.05) is 13.7 Å². The van der Waals surface area contributed by atoms with E-state index in [0.29, 0.717) is 0 Å². The second-order valence-electron chi connectivity index (χ2n) is 5.35. The number of rotatable bonds is 4. The molecule has 2 atom stereocenters. The van der Waals surface area contributed by atoms with Crippen molar-refractivity contribution in [3.05, 3.63) is 59.0 Å². The SMILES string of the molecule is CNC(CC1OCCc2ccccc21)c1occc1C. The molecular weight excluding hydrogens is 250 g/mol. The number of nitrogens with one attached hydrogen (secondary N) is 1. The molecule has 3 rings (SSSR count). The predicted molar refractivity (Wildman–Crippen MR) is 78.7 cm³/mol. The van der Waals surface area contributed by atoms with E-state index in [1.165, 1.54) is 16.7 Å². The Balaban J connectivity index is 1.82. The van der Waals surface area contributed by atoms with Gasteiger partial charge in [0, 0.05) is 6.42 Å². The van der Waals surface area contributed by atoms with E-state index in [9.17, 15) is 0 Å². The van der Waals surface area contributed by atoms with Crippen LogP contribution < -0.4 is 5.32 Å². The van der Waals surface area contributed by atoms with Gasteiger partial charge in [-0.25, -0.2) is 0 Å². The van der Waals surface area contributed by atoms with E-state index in [0.717, 1.165) is 25.2 Å². The van der Waals surface area contributed by atoms with Crippen molar-refractivity contribution >= 4 is 0 Å². The maximum Gasteiger partial charge on any atom is 0.123 e. The monoisotopic (exact) mass is 271 g/mol. The van der Waals surface area contributed by atoms with Gasteiger partial charge in [0.15, 0.2) is 0 Å². The maximum atomic E-state index is 5.99. The summed E-state index contributed by atoms with van der Waals surface area (Å²) in [6, 6.07) is 10.8. The van der Waals surface area contributed by atoms with Gasteiger partial charge < -0.3 is 14.5 Å². The van der Waals surface area contributed by atoms with E-state index < -0.39 is 0 Å². The molecule has 1 aromatic heterocycles. The number of ether oxygens (including phenoxy) is 1. The molecule has 0 saturated heterocycles. The van der Waals surface area contributed by atoms with Gasteiger partial charge in [0.25, 0.3) is 0 Å². The summed E-state index contributed by atoms with van der Waals surface area (Å²) < 4.78 is 11.6. The fraction of sp³-hybridized carbons (Fsp3) is 0.412. The first-order valence-corrected chi connectivity index (χ1v) is 7.20. The largest absolute Gasteiger partial charge is 0.467 e. The topological polar surface area (TPSA) is 34.4 Å². The van der Waals surface area contributed by atoms with Crippen molar-refractivity contribution in [1.82, 2.24) is 5.32 Å². The minimum Gasteiger partial charge on any atom is -0.467 e. The van der Waals surface area contributed by atoms with Gasteiger partial charge >= 0.3 is 0 Å². The van der Waals surface area contributed by atoms with E-state index >= 15 is 0 Å². The highest BCUT2D eigenvalue weighted by Gasteiger charge is 2.26. The number of aryl methyl sites for hydroxylation is 1. The predicted octanol–water partition coefficient (Wildman–Crippen LogP) is 3.55. The van der Waals surface area contributed by atoms with Gasteiger partial charge in [-0.15, -0.1) is 0 Å². The lowest BCUT2D eigenvalue weighted by atomic mass is 9.92. The smallest absolute Gasteiger partial charge is 0.123 e. The van der Waals surface area contributed by atoms with Gasteiger partial charge in [0.2, 0.25) is 0 Å². The summed E-state index contributed by atoms with van der Waals surface area (Å²) in [4.78, 5) is 0. The molecule has 0 radical (unpaired) electrons. The summed E-state index contributed by atoms with van der Waals surface area (Å²) in [5.41, 5.74) is 3.92. The molecule has 1 aliphatic heterocycles. The molecule has 3 heteroatoms. The molecule has 1 N–H and O–H groups in total. The second kappa shape index (κ2) is 5.81. The normalized spacial score (nSPS) is 19.6. The highest BCUT2D eigenvalue weighted by atomic mass is 16.5. The summed E-state index contributed by atoms with van der Waals surface area (Å²) in [5, 5.41) is 3.35. The molecule has 106 valence electrons. The van der Waals surface area contributed by atoms with Crippen LogP contribution in [0.3, 0.4) is 0 Å². The molecule has 0 amide bonds. The average Bonchev–Trinajstić information content (AvgIpc) is 2.91. The molecule has 0 fully saturated rings. The zero-order valence-corrected chi connectivity index (χ0v) is 12.1. The minimum absolute atomic E-state index is 0.141. The van der Waals surface area contributed by atoms with Crippen LogP contribution in [0.4, 0.5) is 0 Å². The highest BCUT2D eigenvalue weighted by Crippen LogP contribution is 2.35. The lowest BCUT2D eigenvalue weighted by molar-refractivity contribution is 0.0282. The maximum absolute atomic E-state index is 5.99. The fourth-order valence-corrected chi connectivity index (χ4v) is 2.98. The summed E-state index contributed by atoms with van der Waals surface area (Å²) in [6.45, 7) is 2.88. The van der Waals surface area contributed by atoms with Crippen molar-refractivity contribution in [3.63, 3.8) is 0 Å². The number of hydrogen-bond donors (Lipinski definition) is 1. The molecule has 0 spiro atoms. The Morgan fingerprint density at radius 1 is 1.30 bits per heavy atom. The van der Waals surface area contributed by atoms with Crippen molar-refractivity contribution in [1.29, 1.82) is 0 Å². The molecule has 2 unspecified atom stereocenters. The van der Waals surface area contributed by atoms with E-state index in [-0.39, 0.29) is 12.1 Å². The molecule has 0 bridgehead atoms. The Bertz CT molecular complexity index is 576. The van der Waals surface area contributed by atoms with E-state index in [1.54, 1.807) is 6.26 Å². The Morgan fingerprint density at radius 3 is 2.90 bits per heavy atom. The quantitative estimate of drug-likeness (QED) is 0.923. The summed E-state index contributed by atoms with van der Waals surface area (Å²) in [5.74, 6) is 1.01. The van der Waals surface area contributed by atoms with Gasteiger partial charge in [-0.1, -0.05) is 24.3 Å². The molecule has 2 aromatic rings. The fourth-order valence-electron chi connectivity index (χ4n) is 2.98. The lowest BCUT2D eigenvalue weighted by Crippen LogP contribution is -2.24. The summed E-state index contributed by atoms with van der Waals surface area (Å²) >= 11 is 0. The van der Waals surface area contributed by atoms with Crippen molar-refractivity contribution < 1.29 is 9.15 Å². The van der Waals surface area contributed by atoms with E-state index in [2.05, 4.69) is 36.5 Å². The number of hydrogen-bond acceptors (Lipinski definition) is 3. The van der Waals surface area contributed by atoms with E-state index in [4.69, 9.17) is 9.15 Å². The van der Waals surface area contributed by atoms with Crippen LogP contribution in [0, 0.1) is 6.92 Å². The van der Waals surface area contributed by atoms with Gasteiger partial charge in [-0.2, -0.15) is 0 Å². The number of fused-ring (bicyclic) bond motifs is 1. The Hall–Kier alpha value is -1.58. The van der Waals surface area contributed by atoms with Crippen LogP contribution in [0.15, 0.2) is 41.0 Å². The van der Waals surface area contributed by atoms with Gasteiger partial charge in [-0.05, 0) is 43.1 Å². The van der Waals surface area contributed by atoms with Crippen LogP contribution in [0.1, 0.15) is 41.0 Å². The van der Waals surface area contributed by atoms with Crippen LogP contribution in [-0.4, -0.2) is 13.7 Å². The molecule has 2 heterocycles. The van der Waals surface area contributed by atoms with Crippen molar-refractivity contribution in [2.24, 2.45) is 0 Å². The zero-order valence-electron chi connectivity index (χ0n) is 12.1. The van der Waals surface area contributed by atoms with Crippen molar-refractivity contribution in [3.8, 4) is 0 Å². The third-order valence-corrected chi connectivity index (χ3v) is 4.11. The van der Waals surface area contributed by atoms with Crippen LogP contribution in [0.5, 0.6) is 0 Å². The summed E-state index contributed by atoms with van der Waals surface area (Å²) in [7, 11) is 1.97. The first-order valence-electron chi connectivity index (χ1n) is 7.20. The van der Waals surface area contributed by atoms with Crippen LogP contribution in [0.25, 0.3) is 0 Å². The Morgan fingerprint density at radius 2 is 2.15 bits per heavy atom. The van der Waals surface area contributed by atoms with Gasteiger partial charge in [0.05, 0.1) is 25.0 Å². The molecular formula is C17H21NO2. The minimum atomic E-state index is 0.141. The highest BCUT2D eigenvalue weighted by molar-refractivity contribution is 5.31. The molecule has 0 aliphatic carbocycles. The molecule has 0 saturated carbocycles. The number of furan rings is 1. The molecule has 1 aliphatic rings. The molecule has 3 nitrogen and oxygen atoms in total. The Labute approximate surface area is 119 Å².